The maximum atomic E-state index is 12.7. The number of hydrogen-bond acceptors (Lipinski definition) is 6. The number of morpholine rings is 1. The second-order valence-corrected chi connectivity index (χ2v) is 6.72. The Morgan fingerprint density at radius 2 is 2.08 bits per heavy atom. The lowest BCUT2D eigenvalue weighted by Gasteiger charge is -2.34. The summed E-state index contributed by atoms with van der Waals surface area (Å²) >= 11 is 0. The Bertz CT molecular complexity index is 545. The van der Waals surface area contributed by atoms with Crippen molar-refractivity contribution in [2.45, 2.75) is 38.6 Å². The molecule has 7 heteroatoms. The first kappa shape index (κ1) is 18.1. The molecule has 2 aliphatic rings. The van der Waals surface area contributed by atoms with Crippen molar-refractivity contribution in [2.24, 2.45) is 0 Å². The van der Waals surface area contributed by atoms with Crippen LogP contribution in [0.3, 0.4) is 0 Å². The summed E-state index contributed by atoms with van der Waals surface area (Å²) in [6.07, 6.45) is 7.65. The third-order valence-corrected chi connectivity index (χ3v) is 5.07. The number of anilines is 1. The van der Waals surface area contributed by atoms with E-state index in [1.54, 1.807) is 12.4 Å². The molecule has 2 saturated heterocycles. The van der Waals surface area contributed by atoms with Gasteiger partial charge in [-0.15, -0.1) is 0 Å². The molecule has 0 spiro atoms. The predicted molar refractivity (Wildman–Crippen MR) is 96.7 cm³/mol. The van der Waals surface area contributed by atoms with Crippen LogP contribution in [0.1, 0.15) is 43.1 Å². The van der Waals surface area contributed by atoms with E-state index in [0.29, 0.717) is 11.7 Å². The van der Waals surface area contributed by atoms with Gasteiger partial charge in [-0.25, -0.2) is 9.97 Å². The number of amides is 1. The number of ether oxygens (including phenoxy) is 1. The van der Waals surface area contributed by atoms with Crippen molar-refractivity contribution in [3.05, 3.63) is 18.1 Å². The fourth-order valence-electron chi connectivity index (χ4n) is 3.54. The molecule has 1 aromatic rings. The number of likely N-dealkylation sites (tertiary alicyclic amines) is 1. The molecule has 0 saturated carbocycles. The van der Waals surface area contributed by atoms with Crippen LogP contribution >= 0.6 is 0 Å². The lowest BCUT2D eigenvalue weighted by molar-refractivity contribution is 0.0398. The minimum absolute atomic E-state index is 0.0129. The van der Waals surface area contributed by atoms with Crippen LogP contribution in [0.2, 0.25) is 0 Å². The number of hydrogen-bond donors (Lipinski definition) is 1. The summed E-state index contributed by atoms with van der Waals surface area (Å²) < 4.78 is 5.35. The largest absolute Gasteiger partial charge is 0.379 e. The van der Waals surface area contributed by atoms with Crippen molar-refractivity contribution in [3.8, 4) is 0 Å². The molecular weight excluding hydrogens is 318 g/mol. The summed E-state index contributed by atoms with van der Waals surface area (Å²) in [6, 6.07) is 0.342. The van der Waals surface area contributed by atoms with Crippen molar-refractivity contribution >= 4 is 11.7 Å². The molecule has 1 amide bonds. The highest BCUT2D eigenvalue weighted by Gasteiger charge is 2.27. The van der Waals surface area contributed by atoms with Crippen molar-refractivity contribution < 1.29 is 9.53 Å². The Morgan fingerprint density at radius 3 is 2.80 bits per heavy atom. The number of nitrogens with zero attached hydrogens (tertiary/aromatic N) is 4. The Kier molecular flexibility index (Phi) is 6.58. The highest BCUT2D eigenvalue weighted by Crippen LogP contribution is 2.21. The Labute approximate surface area is 149 Å². The normalized spacial score (nSPS) is 22.0. The van der Waals surface area contributed by atoms with Gasteiger partial charge in [0.1, 0.15) is 11.5 Å². The summed E-state index contributed by atoms with van der Waals surface area (Å²) in [5, 5.41) is 3.28. The number of carbonyl (C=O) groups excluding carboxylic acids is 1. The molecule has 0 aliphatic carbocycles. The van der Waals surface area contributed by atoms with E-state index in [-0.39, 0.29) is 5.91 Å². The SMILES string of the molecule is CCC1CCCCN1C(=O)c1cnc(NCCN2CCOCC2)cn1. The monoisotopic (exact) mass is 347 g/mol. The maximum absolute atomic E-state index is 12.7. The van der Waals surface area contributed by atoms with E-state index in [1.807, 2.05) is 4.90 Å². The molecular formula is C18H29N5O2. The van der Waals surface area contributed by atoms with Gasteiger partial charge in [0.2, 0.25) is 0 Å². The van der Waals surface area contributed by atoms with E-state index in [0.717, 1.165) is 71.0 Å². The van der Waals surface area contributed by atoms with E-state index in [4.69, 9.17) is 4.74 Å². The zero-order valence-corrected chi connectivity index (χ0v) is 15.1. The van der Waals surface area contributed by atoms with Crippen molar-refractivity contribution in [1.29, 1.82) is 0 Å². The van der Waals surface area contributed by atoms with Gasteiger partial charge >= 0.3 is 0 Å². The van der Waals surface area contributed by atoms with Crippen LogP contribution in [0.5, 0.6) is 0 Å². The molecule has 1 N–H and O–H groups in total. The fraction of sp³-hybridized carbons (Fsp3) is 0.722. The highest BCUT2D eigenvalue weighted by atomic mass is 16.5. The Balaban J connectivity index is 1.50. The van der Waals surface area contributed by atoms with E-state index in [2.05, 4.69) is 27.1 Å². The quantitative estimate of drug-likeness (QED) is 0.843. The minimum Gasteiger partial charge on any atom is -0.379 e. The van der Waals surface area contributed by atoms with Gasteiger partial charge in [0.15, 0.2) is 0 Å². The van der Waals surface area contributed by atoms with Crippen molar-refractivity contribution in [3.63, 3.8) is 0 Å². The van der Waals surface area contributed by atoms with Gasteiger partial charge in [-0.05, 0) is 25.7 Å². The predicted octanol–water partition coefficient (Wildman–Crippen LogP) is 1.63. The molecule has 1 aromatic heterocycles. The molecule has 1 unspecified atom stereocenters. The third kappa shape index (κ3) is 4.89. The number of aromatic nitrogens is 2. The van der Waals surface area contributed by atoms with Crippen LogP contribution in [-0.4, -0.2) is 77.7 Å². The smallest absolute Gasteiger partial charge is 0.274 e. The fourth-order valence-corrected chi connectivity index (χ4v) is 3.54. The number of nitrogens with one attached hydrogen (secondary N) is 1. The molecule has 25 heavy (non-hydrogen) atoms. The summed E-state index contributed by atoms with van der Waals surface area (Å²) in [7, 11) is 0. The van der Waals surface area contributed by atoms with Crippen LogP contribution in [-0.2, 0) is 4.74 Å². The molecule has 1 atom stereocenters. The third-order valence-electron chi connectivity index (χ3n) is 5.07. The first-order valence-electron chi connectivity index (χ1n) is 9.45. The van der Waals surface area contributed by atoms with Gasteiger partial charge in [-0.1, -0.05) is 6.92 Å². The second kappa shape index (κ2) is 9.10. The first-order valence-corrected chi connectivity index (χ1v) is 9.45. The standard InChI is InChI=1S/C18H29N5O2/c1-2-15-5-3-4-7-23(15)18(24)16-13-21-17(14-20-16)19-6-8-22-9-11-25-12-10-22/h13-15H,2-12H2,1H3,(H,19,21). The highest BCUT2D eigenvalue weighted by molar-refractivity contribution is 5.92. The van der Waals surface area contributed by atoms with Gasteiger partial charge in [0.05, 0.1) is 25.6 Å². The number of rotatable bonds is 6. The minimum atomic E-state index is 0.0129. The molecule has 138 valence electrons. The molecule has 7 nitrogen and oxygen atoms in total. The molecule has 2 fully saturated rings. The summed E-state index contributed by atoms with van der Waals surface area (Å²) in [5.41, 5.74) is 0.444. The van der Waals surface area contributed by atoms with E-state index < -0.39 is 0 Å². The van der Waals surface area contributed by atoms with Gasteiger partial charge in [-0.2, -0.15) is 0 Å². The average molecular weight is 347 g/mol. The van der Waals surface area contributed by atoms with E-state index in [1.165, 1.54) is 6.42 Å². The van der Waals surface area contributed by atoms with E-state index in [9.17, 15) is 4.79 Å². The summed E-state index contributed by atoms with van der Waals surface area (Å²) in [5.74, 6) is 0.731. The van der Waals surface area contributed by atoms with Gasteiger partial charge in [0, 0.05) is 38.8 Å². The Morgan fingerprint density at radius 1 is 1.24 bits per heavy atom. The molecule has 3 heterocycles. The second-order valence-electron chi connectivity index (χ2n) is 6.72. The lowest BCUT2D eigenvalue weighted by atomic mass is 10.00. The number of carbonyl (C=O) groups is 1. The Hall–Kier alpha value is -1.73. The average Bonchev–Trinajstić information content (AvgIpc) is 2.69. The number of piperidine rings is 1. The topological polar surface area (TPSA) is 70.6 Å². The van der Waals surface area contributed by atoms with Crippen LogP contribution in [0, 0.1) is 0 Å². The molecule has 0 bridgehead atoms. The van der Waals surface area contributed by atoms with E-state index >= 15 is 0 Å². The van der Waals surface area contributed by atoms with Gasteiger partial charge < -0.3 is 15.0 Å². The van der Waals surface area contributed by atoms with Crippen LogP contribution in [0.4, 0.5) is 5.82 Å². The zero-order valence-electron chi connectivity index (χ0n) is 15.1. The van der Waals surface area contributed by atoms with Gasteiger partial charge in [0.25, 0.3) is 5.91 Å². The molecule has 0 aromatic carbocycles. The zero-order chi connectivity index (χ0) is 17.5. The van der Waals surface area contributed by atoms with Crippen LogP contribution < -0.4 is 5.32 Å². The lowest BCUT2D eigenvalue weighted by Crippen LogP contribution is -2.43. The van der Waals surface area contributed by atoms with Crippen LogP contribution in [0.25, 0.3) is 0 Å². The van der Waals surface area contributed by atoms with Crippen molar-refractivity contribution in [1.82, 2.24) is 19.8 Å². The molecule has 2 aliphatic heterocycles. The maximum Gasteiger partial charge on any atom is 0.274 e. The van der Waals surface area contributed by atoms with Gasteiger partial charge in [-0.3, -0.25) is 9.69 Å². The first-order chi connectivity index (χ1) is 12.3. The summed E-state index contributed by atoms with van der Waals surface area (Å²) in [4.78, 5) is 25.7. The summed E-state index contributed by atoms with van der Waals surface area (Å²) in [6.45, 7) is 8.33. The van der Waals surface area contributed by atoms with Crippen molar-refractivity contribution in [2.75, 3.05) is 51.3 Å². The molecule has 0 radical (unpaired) electrons. The molecule has 3 rings (SSSR count). The van der Waals surface area contributed by atoms with Crippen LogP contribution in [0.15, 0.2) is 12.4 Å².